The van der Waals surface area contributed by atoms with Crippen LogP contribution in [-0.4, -0.2) is 14.2 Å². The summed E-state index contributed by atoms with van der Waals surface area (Å²) >= 11 is 6.16. The third kappa shape index (κ3) is 3.03. The molecule has 0 radical (unpaired) electrons. The zero-order valence-electron chi connectivity index (χ0n) is 13.2. The fraction of sp³-hybridized carbons (Fsp3) is 0.167. The van der Waals surface area contributed by atoms with E-state index < -0.39 is 5.63 Å². The third-order valence-electron chi connectivity index (χ3n) is 3.51. The van der Waals surface area contributed by atoms with Crippen molar-refractivity contribution in [3.8, 4) is 17.2 Å². The van der Waals surface area contributed by atoms with Gasteiger partial charge in [0.25, 0.3) is 0 Å². The third-order valence-corrected chi connectivity index (χ3v) is 3.80. The van der Waals surface area contributed by atoms with Crippen LogP contribution >= 0.6 is 11.6 Å². The van der Waals surface area contributed by atoms with E-state index in [-0.39, 0.29) is 10.6 Å². The molecule has 24 heavy (non-hydrogen) atoms. The summed E-state index contributed by atoms with van der Waals surface area (Å²) in [5.74, 6) is 1.14. The Morgan fingerprint density at radius 3 is 2.42 bits per heavy atom. The van der Waals surface area contributed by atoms with Crippen LogP contribution in [-0.2, 0) is 6.61 Å². The summed E-state index contributed by atoms with van der Waals surface area (Å²) in [5.41, 5.74) is 0.716. The lowest BCUT2D eigenvalue weighted by atomic mass is 10.2. The zero-order chi connectivity index (χ0) is 17.1. The molecular formula is C18H15ClO5. The van der Waals surface area contributed by atoms with E-state index in [0.717, 1.165) is 5.56 Å². The van der Waals surface area contributed by atoms with Gasteiger partial charge in [0.1, 0.15) is 12.2 Å². The van der Waals surface area contributed by atoms with Crippen molar-refractivity contribution >= 4 is 22.6 Å². The molecule has 0 bridgehead atoms. The number of methoxy groups -OCH3 is 2. The maximum Gasteiger partial charge on any atom is 0.337 e. The van der Waals surface area contributed by atoms with E-state index in [1.807, 2.05) is 30.3 Å². The second kappa shape index (κ2) is 6.84. The minimum Gasteiger partial charge on any atom is -0.492 e. The maximum absolute atomic E-state index is 11.6. The number of ether oxygens (including phenoxy) is 3. The van der Waals surface area contributed by atoms with E-state index in [4.69, 9.17) is 30.2 Å². The molecule has 0 saturated carbocycles. The molecular weight excluding hydrogens is 332 g/mol. The number of halogens is 1. The lowest BCUT2D eigenvalue weighted by molar-refractivity contribution is 0.276. The molecule has 1 aromatic heterocycles. The average Bonchev–Trinajstić information content (AvgIpc) is 2.59. The van der Waals surface area contributed by atoms with Crippen LogP contribution in [0, 0.1) is 0 Å². The average molecular weight is 347 g/mol. The van der Waals surface area contributed by atoms with Crippen molar-refractivity contribution in [3.63, 3.8) is 0 Å². The molecule has 0 saturated heterocycles. The summed E-state index contributed by atoms with van der Waals surface area (Å²) in [6, 6.07) is 12.4. The Bertz CT molecular complexity index is 918. The van der Waals surface area contributed by atoms with Gasteiger partial charge in [0, 0.05) is 12.1 Å². The van der Waals surface area contributed by atoms with Gasteiger partial charge in [-0.3, -0.25) is 0 Å². The quantitative estimate of drug-likeness (QED) is 0.652. The van der Waals surface area contributed by atoms with Crippen LogP contribution in [0.15, 0.2) is 51.7 Å². The van der Waals surface area contributed by atoms with Crippen LogP contribution in [0.3, 0.4) is 0 Å². The molecule has 5 nitrogen and oxygen atoms in total. The summed E-state index contributed by atoms with van der Waals surface area (Å²) in [4.78, 5) is 11.6. The second-order valence-electron chi connectivity index (χ2n) is 5.00. The number of fused-ring (bicyclic) bond motifs is 1. The number of hydrogen-bond donors (Lipinski definition) is 0. The Morgan fingerprint density at radius 2 is 1.75 bits per heavy atom. The predicted molar refractivity (Wildman–Crippen MR) is 91.4 cm³/mol. The van der Waals surface area contributed by atoms with Crippen LogP contribution in [0.2, 0.25) is 5.02 Å². The summed E-state index contributed by atoms with van der Waals surface area (Å²) in [7, 11) is 2.99. The molecule has 3 aromatic rings. The predicted octanol–water partition coefficient (Wildman–Crippen LogP) is 4.04. The topological polar surface area (TPSA) is 57.9 Å². The smallest absolute Gasteiger partial charge is 0.337 e. The summed E-state index contributed by atoms with van der Waals surface area (Å²) in [6.07, 6.45) is 0. The van der Waals surface area contributed by atoms with Crippen LogP contribution in [0.4, 0.5) is 0 Å². The Hall–Kier alpha value is -2.66. The highest BCUT2D eigenvalue weighted by molar-refractivity contribution is 6.35. The lowest BCUT2D eigenvalue weighted by Gasteiger charge is -2.16. The van der Waals surface area contributed by atoms with E-state index in [0.29, 0.717) is 29.2 Å². The Morgan fingerprint density at radius 1 is 1.04 bits per heavy atom. The largest absolute Gasteiger partial charge is 0.492 e. The van der Waals surface area contributed by atoms with Crippen molar-refractivity contribution < 1.29 is 18.6 Å². The number of hydrogen-bond acceptors (Lipinski definition) is 5. The van der Waals surface area contributed by atoms with Crippen molar-refractivity contribution in [2.24, 2.45) is 0 Å². The van der Waals surface area contributed by atoms with Gasteiger partial charge in [0.15, 0.2) is 11.5 Å². The lowest BCUT2D eigenvalue weighted by Crippen LogP contribution is -2.02. The van der Waals surface area contributed by atoms with Crippen molar-refractivity contribution in [2.45, 2.75) is 6.61 Å². The van der Waals surface area contributed by atoms with Crippen molar-refractivity contribution in [1.29, 1.82) is 0 Å². The second-order valence-corrected chi connectivity index (χ2v) is 5.41. The first-order valence-electron chi connectivity index (χ1n) is 7.19. The van der Waals surface area contributed by atoms with Gasteiger partial charge >= 0.3 is 5.63 Å². The molecule has 0 spiro atoms. The summed E-state index contributed by atoms with van der Waals surface area (Å²) < 4.78 is 21.9. The molecule has 0 aliphatic heterocycles. The van der Waals surface area contributed by atoms with Gasteiger partial charge in [-0.2, -0.15) is 0 Å². The first-order chi connectivity index (χ1) is 11.6. The fourth-order valence-electron chi connectivity index (χ4n) is 2.44. The molecule has 124 valence electrons. The SMILES string of the molecule is COc1c(OCc2ccccc2)cc2oc(=O)cc(Cl)c2c1OC. The summed E-state index contributed by atoms with van der Waals surface area (Å²) in [5, 5.41) is 0.689. The minimum absolute atomic E-state index is 0.228. The van der Waals surface area contributed by atoms with E-state index in [1.54, 1.807) is 6.07 Å². The van der Waals surface area contributed by atoms with Crippen LogP contribution in [0.1, 0.15) is 5.56 Å². The van der Waals surface area contributed by atoms with Crippen molar-refractivity contribution in [2.75, 3.05) is 14.2 Å². The van der Waals surface area contributed by atoms with E-state index in [2.05, 4.69) is 0 Å². The standard InChI is InChI=1S/C18H15ClO5/c1-21-17-14(23-10-11-6-4-3-5-7-11)9-13-16(18(17)22-2)12(19)8-15(20)24-13/h3-9H,10H2,1-2H3. The number of rotatable bonds is 5. The number of benzene rings is 2. The fourth-order valence-corrected chi connectivity index (χ4v) is 2.71. The minimum atomic E-state index is -0.547. The van der Waals surface area contributed by atoms with Gasteiger partial charge in [-0.05, 0) is 5.56 Å². The van der Waals surface area contributed by atoms with E-state index in [9.17, 15) is 4.79 Å². The van der Waals surface area contributed by atoms with E-state index >= 15 is 0 Å². The first kappa shape index (κ1) is 16.2. The van der Waals surface area contributed by atoms with Gasteiger partial charge in [-0.25, -0.2) is 4.79 Å². The molecule has 1 heterocycles. The van der Waals surface area contributed by atoms with Crippen LogP contribution < -0.4 is 19.8 Å². The molecule has 0 amide bonds. The van der Waals surface area contributed by atoms with E-state index in [1.165, 1.54) is 20.3 Å². The molecule has 3 rings (SSSR count). The first-order valence-corrected chi connectivity index (χ1v) is 7.57. The molecule has 0 aliphatic carbocycles. The highest BCUT2D eigenvalue weighted by atomic mass is 35.5. The van der Waals surface area contributed by atoms with Gasteiger partial charge in [0.2, 0.25) is 5.75 Å². The molecule has 0 fully saturated rings. The Kier molecular flexibility index (Phi) is 4.62. The highest BCUT2D eigenvalue weighted by Gasteiger charge is 2.20. The van der Waals surface area contributed by atoms with Gasteiger partial charge < -0.3 is 18.6 Å². The summed E-state index contributed by atoms with van der Waals surface area (Å²) in [6.45, 7) is 0.330. The molecule has 0 aliphatic rings. The zero-order valence-corrected chi connectivity index (χ0v) is 13.9. The van der Waals surface area contributed by atoms with Gasteiger partial charge in [-0.1, -0.05) is 41.9 Å². The van der Waals surface area contributed by atoms with Crippen molar-refractivity contribution in [1.82, 2.24) is 0 Å². The molecule has 0 atom stereocenters. The monoisotopic (exact) mass is 346 g/mol. The maximum atomic E-state index is 11.6. The van der Waals surface area contributed by atoms with Crippen molar-refractivity contribution in [3.05, 3.63) is 63.5 Å². The molecule has 6 heteroatoms. The van der Waals surface area contributed by atoms with Gasteiger partial charge in [0.05, 0.1) is 24.6 Å². The molecule has 0 N–H and O–H groups in total. The normalized spacial score (nSPS) is 10.6. The van der Waals surface area contributed by atoms with Gasteiger partial charge in [-0.15, -0.1) is 0 Å². The Balaban J connectivity index is 2.11. The Labute approximate surface area is 143 Å². The highest BCUT2D eigenvalue weighted by Crippen LogP contribution is 2.45. The molecule has 2 aromatic carbocycles. The molecule has 0 unspecified atom stereocenters. The van der Waals surface area contributed by atoms with Crippen LogP contribution in [0.25, 0.3) is 11.0 Å². The van der Waals surface area contributed by atoms with Crippen LogP contribution in [0.5, 0.6) is 17.2 Å².